The zero-order valence-electron chi connectivity index (χ0n) is 12.7. The lowest BCUT2D eigenvalue weighted by Gasteiger charge is -2.37. The molecule has 1 heterocycles. The number of fused-ring (bicyclic) bond motifs is 1. The summed E-state index contributed by atoms with van der Waals surface area (Å²) in [5, 5.41) is 12.5. The molecule has 1 aliphatic rings. The van der Waals surface area contributed by atoms with Crippen molar-refractivity contribution in [3.8, 4) is 0 Å². The molecule has 1 aliphatic heterocycles. The number of amides is 1. The van der Waals surface area contributed by atoms with Crippen LogP contribution in [-0.4, -0.2) is 35.6 Å². The molecule has 0 spiro atoms. The molecule has 0 aliphatic carbocycles. The topological polar surface area (TPSA) is 69.6 Å². The fraction of sp³-hybridized carbons (Fsp3) is 0.500. The number of carboxylic acid groups (broad SMARTS) is 1. The zero-order chi connectivity index (χ0) is 15.6. The van der Waals surface area contributed by atoms with E-state index >= 15 is 0 Å². The molecule has 0 radical (unpaired) electrons. The summed E-state index contributed by atoms with van der Waals surface area (Å²) in [5.74, 6) is -1.39. The summed E-state index contributed by atoms with van der Waals surface area (Å²) < 4.78 is 0. The average Bonchev–Trinajstić information content (AvgIpc) is 2.45. The van der Waals surface area contributed by atoms with E-state index in [-0.39, 0.29) is 5.91 Å². The van der Waals surface area contributed by atoms with E-state index in [1.807, 2.05) is 39.0 Å². The maximum absolute atomic E-state index is 12.8. The molecule has 114 valence electrons. The highest BCUT2D eigenvalue weighted by Gasteiger charge is 2.37. The Kier molecular flexibility index (Phi) is 4.32. The minimum Gasteiger partial charge on any atom is -0.481 e. The molecule has 0 saturated heterocycles. The Morgan fingerprint density at radius 3 is 2.67 bits per heavy atom. The average molecular weight is 290 g/mol. The second-order valence-corrected chi connectivity index (χ2v) is 5.85. The number of aliphatic carboxylic acids is 1. The van der Waals surface area contributed by atoms with Gasteiger partial charge in [0.2, 0.25) is 5.91 Å². The van der Waals surface area contributed by atoms with Gasteiger partial charge in [-0.05, 0) is 38.4 Å². The third kappa shape index (κ3) is 2.93. The van der Waals surface area contributed by atoms with Gasteiger partial charge >= 0.3 is 5.97 Å². The van der Waals surface area contributed by atoms with Gasteiger partial charge in [0.05, 0.1) is 11.5 Å². The van der Waals surface area contributed by atoms with Gasteiger partial charge in [-0.25, -0.2) is 0 Å². The summed E-state index contributed by atoms with van der Waals surface area (Å²) in [6.07, 6.45) is 0.445. The Morgan fingerprint density at radius 2 is 2.05 bits per heavy atom. The van der Waals surface area contributed by atoms with Gasteiger partial charge in [0.1, 0.15) is 0 Å². The van der Waals surface area contributed by atoms with Gasteiger partial charge in [0, 0.05) is 12.2 Å². The molecule has 5 heteroatoms. The lowest BCUT2D eigenvalue weighted by Crippen LogP contribution is -2.55. The number of benzene rings is 1. The molecule has 0 saturated carbocycles. The molecule has 1 unspecified atom stereocenters. The summed E-state index contributed by atoms with van der Waals surface area (Å²) >= 11 is 0. The summed E-state index contributed by atoms with van der Waals surface area (Å²) in [4.78, 5) is 25.8. The van der Waals surface area contributed by atoms with Gasteiger partial charge in [0.25, 0.3) is 0 Å². The molecule has 21 heavy (non-hydrogen) atoms. The van der Waals surface area contributed by atoms with Gasteiger partial charge in [-0.15, -0.1) is 0 Å². The lowest BCUT2D eigenvalue weighted by atomic mass is 9.88. The van der Waals surface area contributed by atoms with E-state index < -0.39 is 17.4 Å². The molecule has 0 aromatic heterocycles. The van der Waals surface area contributed by atoms with Crippen molar-refractivity contribution in [3.63, 3.8) is 0 Å². The van der Waals surface area contributed by atoms with Crippen molar-refractivity contribution in [2.45, 2.75) is 38.6 Å². The largest absolute Gasteiger partial charge is 0.481 e. The maximum atomic E-state index is 12.8. The van der Waals surface area contributed by atoms with E-state index in [2.05, 4.69) is 5.32 Å². The number of hydrogen-bond acceptors (Lipinski definition) is 3. The maximum Gasteiger partial charge on any atom is 0.311 e. The fourth-order valence-electron chi connectivity index (χ4n) is 2.88. The van der Waals surface area contributed by atoms with Gasteiger partial charge in [0.15, 0.2) is 0 Å². The van der Waals surface area contributed by atoms with Crippen LogP contribution in [0.2, 0.25) is 0 Å². The number of nitrogens with one attached hydrogen (secondary N) is 1. The molecular weight excluding hydrogens is 268 g/mol. The van der Waals surface area contributed by atoms with E-state index in [4.69, 9.17) is 0 Å². The van der Waals surface area contributed by atoms with Gasteiger partial charge in [-0.1, -0.05) is 25.1 Å². The minimum absolute atomic E-state index is 0.0272. The molecule has 1 aromatic rings. The molecular formula is C16H22N2O3. The summed E-state index contributed by atoms with van der Waals surface area (Å²) in [6.45, 7) is 6.79. The Morgan fingerprint density at radius 1 is 1.38 bits per heavy atom. The van der Waals surface area contributed by atoms with Crippen molar-refractivity contribution in [2.75, 3.05) is 18.0 Å². The number of carbonyl (C=O) groups excluding carboxylic acids is 1. The molecule has 0 bridgehead atoms. The third-order valence-corrected chi connectivity index (χ3v) is 3.94. The third-order valence-electron chi connectivity index (χ3n) is 3.94. The normalized spacial score (nSPS) is 18.2. The first-order chi connectivity index (χ1) is 9.88. The first-order valence-electron chi connectivity index (χ1n) is 7.27. The molecule has 2 N–H and O–H groups in total. The van der Waals surface area contributed by atoms with E-state index in [1.165, 1.54) is 0 Å². The van der Waals surface area contributed by atoms with Crippen LogP contribution in [0.25, 0.3) is 0 Å². The van der Waals surface area contributed by atoms with E-state index in [9.17, 15) is 14.7 Å². The summed E-state index contributed by atoms with van der Waals surface area (Å²) in [7, 11) is 0. The standard InChI is InChI=1S/C16H22N2O3/c1-4-17-16(2,3)15(21)18-10-9-12(14(19)20)11-7-5-6-8-13(11)18/h5-8,12,17H,4,9-10H2,1-3H3,(H,19,20). The first kappa shape index (κ1) is 15.5. The van der Waals surface area contributed by atoms with Gasteiger partial charge in [-0.2, -0.15) is 0 Å². The second kappa shape index (κ2) is 5.85. The highest BCUT2D eigenvalue weighted by molar-refractivity contribution is 6.01. The van der Waals surface area contributed by atoms with Crippen LogP contribution >= 0.6 is 0 Å². The predicted octanol–water partition coefficient (Wildman–Crippen LogP) is 1.98. The Balaban J connectivity index is 2.37. The smallest absolute Gasteiger partial charge is 0.311 e. The molecule has 1 aromatic carbocycles. The van der Waals surface area contributed by atoms with Gasteiger partial charge < -0.3 is 15.3 Å². The zero-order valence-corrected chi connectivity index (χ0v) is 12.7. The van der Waals surface area contributed by atoms with Crippen LogP contribution < -0.4 is 10.2 Å². The van der Waals surface area contributed by atoms with Crippen molar-refractivity contribution >= 4 is 17.6 Å². The van der Waals surface area contributed by atoms with Crippen LogP contribution in [0.4, 0.5) is 5.69 Å². The number of carboxylic acids is 1. The van der Waals surface area contributed by atoms with Gasteiger partial charge in [-0.3, -0.25) is 9.59 Å². The number of nitrogens with zero attached hydrogens (tertiary/aromatic N) is 1. The monoisotopic (exact) mass is 290 g/mol. The van der Waals surface area contributed by atoms with Crippen LogP contribution in [0.15, 0.2) is 24.3 Å². The van der Waals surface area contributed by atoms with Crippen molar-refractivity contribution in [1.29, 1.82) is 0 Å². The highest BCUT2D eigenvalue weighted by atomic mass is 16.4. The number of likely N-dealkylation sites (N-methyl/N-ethyl adjacent to an activating group) is 1. The second-order valence-electron chi connectivity index (χ2n) is 5.85. The van der Waals surface area contributed by atoms with E-state index in [0.717, 1.165) is 5.56 Å². The first-order valence-corrected chi connectivity index (χ1v) is 7.27. The number of rotatable bonds is 4. The minimum atomic E-state index is -0.833. The quantitative estimate of drug-likeness (QED) is 0.889. The summed E-state index contributed by atoms with van der Waals surface area (Å²) in [5.41, 5.74) is 0.766. The van der Waals surface area contributed by atoms with Crippen LogP contribution in [0.3, 0.4) is 0 Å². The number of hydrogen-bond donors (Lipinski definition) is 2. The van der Waals surface area contributed by atoms with Crippen LogP contribution in [0.5, 0.6) is 0 Å². The summed E-state index contributed by atoms with van der Waals surface area (Å²) in [6, 6.07) is 7.28. The molecule has 0 fully saturated rings. The predicted molar refractivity (Wildman–Crippen MR) is 81.5 cm³/mol. The molecule has 2 rings (SSSR count). The van der Waals surface area contributed by atoms with E-state index in [1.54, 1.807) is 11.0 Å². The SMILES string of the molecule is CCNC(C)(C)C(=O)N1CCC(C(=O)O)c2ccccc21. The molecule has 1 atom stereocenters. The molecule has 5 nitrogen and oxygen atoms in total. The highest BCUT2D eigenvalue weighted by Crippen LogP contribution is 2.36. The number of carbonyl (C=O) groups is 2. The van der Waals surface area contributed by atoms with Crippen molar-refractivity contribution < 1.29 is 14.7 Å². The van der Waals surface area contributed by atoms with Crippen LogP contribution in [-0.2, 0) is 9.59 Å². The molecule has 1 amide bonds. The van der Waals surface area contributed by atoms with Crippen LogP contribution in [0.1, 0.15) is 38.7 Å². The lowest BCUT2D eigenvalue weighted by molar-refractivity contribution is -0.139. The van der Waals surface area contributed by atoms with Crippen molar-refractivity contribution in [3.05, 3.63) is 29.8 Å². The van der Waals surface area contributed by atoms with Crippen molar-refractivity contribution in [1.82, 2.24) is 5.32 Å². The van der Waals surface area contributed by atoms with E-state index in [0.29, 0.717) is 25.2 Å². The Bertz CT molecular complexity index is 554. The number of anilines is 1. The Hall–Kier alpha value is -1.88. The fourth-order valence-corrected chi connectivity index (χ4v) is 2.88. The number of para-hydroxylation sites is 1. The Labute approximate surface area is 125 Å². The van der Waals surface area contributed by atoms with Crippen LogP contribution in [0, 0.1) is 0 Å². The van der Waals surface area contributed by atoms with Crippen molar-refractivity contribution in [2.24, 2.45) is 0 Å².